The molecule has 0 spiro atoms. The normalized spacial score (nSPS) is 21.6. The Hall–Kier alpha value is -3.09. The molecule has 2 atom stereocenters. The third-order valence-electron chi connectivity index (χ3n) is 5.30. The van der Waals surface area contributed by atoms with E-state index in [0.717, 1.165) is 18.4 Å². The maximum absolute atomic E-state index is 13.1. The number of benzene rings is 1. The van der Waals surface area contributed by atoms with Crippen LogP contribution in [0.4, 0.5) is 0 Å². The monoisotopic (exact) mass is 378 g/mol. The maximum Gasteiger partial charge on any atom is 0.287 e. The second-order valence-corrected chi connectivity index (χ2v) is 7.43. The van der Waals surface area contributed by atoms with E-state index in [4.69, 9.17) is 0 Å². The molecule has 0 unspecified atom stereocenters. The highest BCUT2D eigenvalue weighted by atomic mass is 16.2. The van der Waals surface area contributed by atoms with Crippen LogP contribution in [-0.2, 0) is 27.3 Å². The van der Waals surface area contributed by atoms with Gasteiger partial charge in [0, 0.05) is 18.8 Å². The van der Waals surface area contributed by atoms with Crippen LogP contribution in [0.1, 0.15) is 24.1 Å². The summed E-state index contributed by atoms with van der Waals surface area (Å²) < 4.78 is 0. The molecule has 1 aliphatic carbocycles. The van der Waals surface area contributed by atoms with Gasteiger partial charge in [-0.05, 0) is 30.9 Å². The number of nitrogens with zero attached hydrogens (tertiary/aromatic N) is 3. The van der Waals surface area contributed by atoms with Gasteiger partial charge in [0.2, 0.25) is 11.7 Å². The number of aromatic nitrogens is 2. The van der Waals surface area contributed by atoms with Gasteiger partial charge in [-0.1, -0.05) is 30.3 Å². The van der Waals surface area contributed by atoms with Gasteiger partial charge in [-0.15, -0.1) is 0 Å². The molecule has 1 saturated heterocycles. The Bertz CT molecular complexity index is 868. The summed E-state index contributed by atoms with van der Waals surface area (Å²) in [6, 6.07) is 11.5. The molecule has 2 fully saturated rings. The number of hydrogen-bond acceptors (Lipinski definition) is 5. The number of likely N-dealkylation sites (tertiary alicyclic amines) is 1. The van der Waals surface area contributed by atoms with E-state index in [1.165, 1.54) is 6.33 Å². The van der Waals surface area contributed by atoms with Crippen molar-refractivity contribution in [1.82, 2.24) is 20.2 Å². The van der Waals surface area contributed by atoms with Crippen LogP contribution < -0.4 is 5.32 Å². The van der Waals surface area contributed by atoms with Crippen molar-refractivity contribution >= 4 is 17.6 Å². The summed E-state index contributed by atoms with van der Waals surface area (Å²) in [6.45, 7) is 0.540. The molecule has 2 amide bonds. The lowest BCUT2D eigenvalue weighted by Crippen LogP contribution is -2.39. The predicted molar refractivity (Wildman–Crippen MR) is 101 cm³/mol. The van der Waals surface area contributed by atoms with Crippen molar-refractivity contribution in [2.24, 2.45) is 11.8 Å². The summed E-state index contributed by atoms with van der Waals surface area (Å²) in [7, 11) is 0. The maximum atomic E-state index is 13.1. The second kappa shape index (κ2) is 7.88. The van der Waals surface area contributed by atoms with Gasteiger partial charge in [-0.25, -0.2) is 9.97 Å². The van der Waals surface area contributed by atoms with Crippen LogP contribution in [0.3, 0.4) is 0 Å². The van der Waals surface area contributed by atoms with Crippen LogP contribution >= 0.6 is 0 Å². The van der Waals surface area contributed by atoms with Gasteiger partial charge in [-0.2, -0.15) is 0 Å². The van der Waals surface area contributed by atoms with Crippen LogP contribution in [-0.4, -0.2) is 45.1 Å². The predicted octanol–water partition coefficient (Wildman–Crippen LogP) is 1.14. The second-order valence-electron chi connectivity index (χ2n) is 7.43. The van der Waals surface area contributed by atoms with E-state index < -0.39 is 23.5 Å². The Balaban J connectivity index is 1.54. The van der Waals surface area contributed by atoms with Crippen LogP contribution in [0.2, 0.25) is 0 Å². The standard InChI is InChI=1S/C21H22N4O3/c26-19(20(27)24-15-6-7-15)18-12-25(11-16-8-9-22-13-23-16)21(28)17(18)10-14-4-2-1-3-5-14/h1-5,8-9,13,15,17-18H,6-7,10-12H2,(H,24,27)/t17-,18+/m1/s1. The Labute approximate surface area is 163 Å². The third kappa shape index (κ3) is 4.08. The first-order valence-corrected chi connectivity index (χ1v) is 9.54. The summed E-state index contributed by atoms with van der Waals surface area (Å²) in [5, 5.41) is 2.76. The van der Waals surface area contributed by atoms with E-state index in [1.54, 1.807) is 17.2 Å². The van der Waals surface area contributed by atoms with Crippen molar-refractivity contribution in [3.05, 3.63) is 60.2 Å². The molecule has 2 aromatic rings. The summed E-state index contributed by atoms with van der Waals surface area (Å²) in [4.78, 5) is 47.9. The van der Waals surface area contributed by atoms with Crippen LogP contribution in [0.5, 0.6) is 0 Å². The minimum atomic E-state index is -0.645. The largest absolute Gasteiger partial charge is 0.347 e. The molecule has 1 saturated carbocycles. The van der Waals surface area contributed by atoms with Gasteiger partial charge in [0.25, 0.3) is 5.91 Å². The highest BCUT2D eigenvalue weighted by Gasteiger charge is 2.46. The molecule has 7 nitrogen and oxygen atoms in total. The molecule has 2 heterocycles. The third-order valence-corrected chi connectivity index (χ3v) is 5.30. The zero-order valence-electron chi connectivity index (χ0n) is 15.5. The van der Waals surface area contributed by atoms with Crippen molar-refractivity contribution in [3.63, 3.8) is 0 Å². The summed E-state index contributed by atoms with van der Waals surface area (Å²) >= 11 is 0. The van der Waals surface area contributed by atoms with Crippen LogP contribution in [0, 0.1) is 11.8 Å². The molecule has 1 aliphatic heterocycles. The molecule has 1 N–H and O–H groups in total. The average Bonchev–Trinajstić information content (AvgIpc) is 3.49. The fourth-order valence-electron chi connectivity index (χ4n) is 3.63. The van der Waals surface area contributed by atoms with Crippen molar-refractivity contribution < 1.29 is 14.4 Å². The van der Waals surface area contributed by atoms with Gasteiger partial charge in [0.05, 0.1) is 24.1 Å². The van der Waals surface area contributed by atoms with E-state index in [1.807, 2.05) is 30.3 Å². The van der Waals surface area contributed by atoms with Crippen LogP contribution in [0.25, 0.3) is 0 Å². The molecule has 28 heavy (non-hydrogen) atoms. The smallest absolute Gasteiger partial charge is 0.287 e. The number of carbonyl (C=O) groups is 3. The number of carbonyl (C=O) groups excluding carboxylic acids is 3. The molecule has 144 valence electrons. The fourth-order valence-corrected chi connectivity index (χ4v) is 3.63. The summed E-state index contributed by atoms with van der Waals surface area (Å²) in [6.07, 6.45) is 5.32. The average molecular weight is 378 g/mol. The Morgan fingerprint density at radius 1 is 1.14 bits per heavy atom. The molecular weight excluding hydrogens is 356 g/mol. The van der Waals surface area contributed by atoms with Gasteiger partial charge in [0.1, 0.15) is 6.33 Å². The number of hydrogen-bond donors (Lipinski definition) is 1. The van der Waals surface area contributed by atoms with Crippen molar-refractivity contribution in [1.29, 1.82) is 0 Å². The minimum Gasteiger partial charge on any atom is -0.347 e. The zero-order chi connectivity index (χ0) is 19.5. The summed E-state index contributed by atoms with van der Waals surface area (Å²) in [5.41, 5.74) is 1.68. The van der Waals surface area contributed by atoms with E-state index in [9.17, 15) is 14.4 Å². The van der Waals surface area contributed by atoms with Crippen molar-refractivity contribution in [2.75, 3.05) is 6.54 Å². The molecule has 0 bridgehead atoms. The number of Topliss-reactive ketones (excluding diaryl/α,β-unsaturated/α-hetero) is 1. The fraction of sp³-hybridized carbons (Fsp3) is 0.381. The Morgan fingerprint density at radius 3 is 2.61 bits per heavy atom. The molecule has 4 rings (SSSR count). The number of ketones is 1. The summed E-state index contributed by atoms with van der Waals surface area (Å²) in [5.74, 6) is -2.36. The number of rotatable bonds is 7. The van der Waals surface area contributed by atoms with Gasteiger partial charge < -0.3 is 10.2 Å². The number of amides is 2. The molecular formula is C21H22N4O3. The molecule has 0 radical (unpaired) electrons. The first-order chi connectivity index (χ1) is 13.6. The Kier molecular flexibility index (Phi) is 5.14. The topological polar surface area (TPSA) is 92.3 Å². The first-order valence-electron chi connectivity index (χ1n) is 9.54. The van der Waals surface area contributed by atoms with E-state index in [2.05, 4.69) is 15.3 Å². The Morgan fingerprint density at radius 2 is 1.93 bits per heavy atom. The highest BCUT2D eigenvalue weighted by molar-refractivity contribution is 6.37. The molecule has 2 aliphatic rings. The van der Waals surface area contributed by atoms with Crippen molar-refractivity contribution in [3.8, 4) is 0 Å². The minimum absolute atomic E-state index is 0.109. The van der Waals surface area contributed by atoms with Crippen LogP contribution in [0.15, 0.2) is 48.9 Å². The van der Waals surface area contributed by atoms with Gasteiger partial charge in [-0.3, -0.25) is 14.4 Å². The van der Waals surface area contributed by atoms with Crippen molar-refractivity contribution in [2.45, 2.75) is 31.8 Å². The molecule has 1 aromatic heterocycles. The molecule has 1 aromatic carbocycles. The first kappa shape index (κ1) is 18.3. The van der Waals surface area contributed by atoms with E-state index in [-0.39, 0.29) is 18.5 Å². The molecule has 7 heteroatoms. The lowest BCUT2D eigenvalue weighted by atomic mass is 9.86. The van der Waals surface area contributed by atoms with Gasteiger partial charge in [0.15, 0.2) is 0 Å². The lowest BCUT2D eigenvalue weighted by Gasteiger charge is -2.16. The lowest BCUT2D eigenvalue weighted by molar-refractivity contribution is -0.141. The highest BCUT2D eigenvalue weighted by Crippen LogP contribution is 2.30. The SMILES string of the molecule is O=C(NC1CC1)C(=O)[C@H]1CN(Cc2ccncn2)C(=O)[C@@H]1Cc1ccccc1. The zero-order valence-corrected chi connectivity index (χ0v) is 15.5. The number of nitrogens with one attached hydrogen (secondary N) is 1. The van der Waals surface area contributed by atoms with E-state index in [0.29, 0.717) is 18.7 Å². The van der Waals surface area contributed by atoms with Gasteiger partial charge >= 0.3 is 0 Å². The quantitative estimate of drug-likeness (QED) is 0.730. The van der Waals surface area contributed by atoms with E-state index >= 15 is 0 Å².